The number of amides is 1. The maximum absolute atomic E-state index is 14.3. The quantitative estimate of drug-likeness (QED) is 0.346. The van der Waals surface area contributed by atoms with Crippen molar-refractivity contribution in [2.24, 2.45) is 17.8 Å². The fraction of sp³-hybridized carbons (Fsp3) is 0.606. The zero-order chi connectivity index (χ0) is 29.7. The van der Waals surface area contributed by atoms with Gasteiger partial charge in [-0.3, -0.25) is 9.59 Å². The lowest BCUT2D eigenvalue weighted by Crippen LogP contribution is -3.10. The highest BCUT2D eigenvalue weighted by atomic mass is 35.5. The van der Waals surface area contributed by atoms with Crippen LogP contribution in [0.4, 0.5) is 5.69 Å². The lowest BCUT2D eigenvalue weighted by molar-refractivity contribution is -0.884. The molecule has 42 heavy (non-hydrogen) atoms. The second kappa shape index (κ2) is 14.8. The van der Waals surface area contributed by atoms with Gasteiger partial charge in [0, 0.05) is 49.9 Å². The molecule has 1 saturated carbocycles. The van der Waals surface area contributed by atoms with Gasteiger partial charge in [0.05, 0.1) is 25.8 Å². The van der Waals surface area contributed by atoms with Crippen molar-refractivity contribution in [1.82, 2.24) is 0 Å². The van der Waals surface area contributed by atoms with Gasteiger partial charge in [0.15, 0.2) is 0 Å². The molecular formula is C33H47ClN2O5S. The molecule has 1 aliphatic carbocycles. The van der Waals surface area contributed by atoms with Gasteiger partial charge < -0.3 is 31.7 Å². The predicted octanol–water partition coefficient (Wildman–Crippen LogP) is 2.74. The van der Waals surface area contributed by atoms with Crippen LogP contribution in [0, 0.1) is 17.8 Å². The first-order valence-electron chi connectivity index (χ1n) is 15.2. The van der Waals surface area contributed by atoms with Crippen LogP contribution in [0.5, 0.6) is 0 Å². The number of carbonyl (C=O) groups excluding carboxylic acids is 3. The van der Waals surface area contributed by atoms with Crippen molar-refractivity contribution in [2.75, 3.05) is 25.0 Å². The number of hydrogen-bond donors (Lipinski definition) is 1. The summed E-state index contributed by atoms with van der Waals surface area (Å²) in [7, 11) is 2.19. The molecule has 2 aliphatic rings. The molecule has 0 unspecified atom stereocenters. The van der Waals surface area contributed by atoms with E-state index in [0.29, 0.717) is 16.5 Å². The minimum atomic E-state index is -1.44. The first kappa shape index (κ1) is 34.1. The minimum Gasteiger partial charge on any atom is -1.00 e. The molecule has 2 heterocycles. The molecule has 1 N–H and O–H groups in total. The molecule has 0 radical (unpaired) electrons. The first-order chi connectivity index (χ1) is 19.4. The Morgan fingerprint density at radius 2 is 1.62 bits per heavy atom. The molecule has 232 valence electrons. The molecule has 1 aliphatic heterocycles. The Morgan fingerprint density at radius 1 is 1.00 bits per heavy atom. The summed E-state index contributed by atoms with van der Waals surface area (Å²) in [6, 6.07) is 11.9. The van der Waals surface area contributed by atoms with Crippen LogP contribution in [-0.2, 0) is 19.1 Å². The lowest BCUT2D eigenvalue weighted by Gasteiger charge is -2.38. The van der Waals surface area contributed by atoms with Gasteiger partial charge in [-0.1, -0.05) is 51.1 Å². The number of piperidine rings is 1. The fourth-order valence-corrected chi connectivity index (χ4v) is 6.97. The zero-order valence-corrected chi connectivity index (χ0v) is 27.5. The van der Waals surface area contributed by atoms with Crippen molar-refractivity contribution in [1.29, 1.82) is 0 Å². The Morgan fingerprint density at radius 3 is 2.21 bits per heavy atom. The molecule has 1 saturated heterocycles. The number of nitrogens with one attached hydrogen (secondary N) is 1. The largest absolute Gasteiger partial charge is 1.00 e. The number of quaternary nitrogens is 1. The van der Waals surface area contributed by atoms with E-state index in [1.807, 2.05) is 55.1 Å². The number of hydrogen-bond acceptors (Lipinski definition) is 6. The van der Waals surface area contributed by atoms with Gasteiger partial charge in [-0.15, -0.1) is 11.3 Å². The van der Waals surface area contributed by atoms with Gasteiger partial charge in [0.2, 0.25) is 5.91 Å². The van der Waals surface area contributed by atoms with Gasteiger partial charge in [-0.25, -0.2) is 4.79 Å². The van der Waals surface area contributed by atoms with Crippen molar-refractivity contribution < 1.29 is 41.2 Å². The van der Waals surface area contributed by atoms with Gasteiger partial charge in [-0.2, -0.15) is 0 Å². The van der Waals surface area contributed by atoms with Crippen molar-refractivity contribution >= 4 is 34.9 Å². The average Bonchev–Trinajstić information content (AvgIpc) is 3.35. The maximum Gasteiger partial charge on any atom is 0.353 e. The molecule has 0 bridgehead atoms. The number of likely N-dealkylation sites (tertiary alicyclic amines) is 1. The van der Waals surface area contributed by atoms with E-state index in [9.17, 15) is 14.4 Å². The van der Waals surface area contributed by atoms with E-state index in [4.69, 9.17) is 9.47 Å². The third kappa shape index (κ3) is 8.80. The van der Waals surface area contributed by atoms with E-state index in [0.717, 1.165) is 62.1 Å². The molecule has 2 fully saturated rings. The van der Waals surface area contributed by atoms with Crippen LogP contribution >= 0.6 is 11.3 Å². The van der Waals surface area contributed by atoms with Gasteiger partial charge in [0.1, 0.15) is 4.88 Å². The highest BCUT2D eigenvalue weighted by Crippen LogP contribution is 2.41. The summed E-state index contributed by atoms with van der Waals surface area (Å²) in [5.41, 5.74) is 1.60. The number of thiophene rings is 1. The van der Waals surface area contributed by atoms with Crippen LogP contribution in [0.15, 0.2) is 36.4 Å². The standard InChI is InChI=1S/C33H46N2O5S.ClH/c1-22(2)20-29(36)39-33(4,5)40-32(38)30-27(21-28(41-30)24-10-8-7-9-11-24)35(26-16-18-34(6)19-17-26)31(37)25-14-12-23(3)13-15-25;/h7-11,21-23,25-26H,12-20H2,1-6H3;1H. The number of carbonyl (C=O) groups is 3. The van der Waals surface area contributed by atoms with Crippen LogP contribution in [-0.4, -0.2) is 49.8 Å². The monoisotopic (exact) mass is 618 g/mol. The fourth-order valence-electron chi connectivity index (χ4n) is 5.94. The minimum absolute atomic E-state index is 0. The summed E-state index contributed by atoms with van der Waals surface area (Å²) in [6.45, 7) is 11.3. The summed E-state index contributed by atoms with van der Waals surface area (Å²) in [6.07, 6.45) is 5.85. The topological polar surface area (TPSA) is 77.3 Å². The number of halogens is 1. The summed E-state index contributed by atoms with van der Waals surface area (Å²) in [5, 5.41) is 0. The Bertz CT molecular complexity index is 1200. The number of ether oxygens (including phenoxy) is 2. The second-order valence-corrected chi connectivity index (χ2v) is 14.0. The summed E-state index contributed by atoms with van der Waals surface area (Å²) < 4.78 is 11.4. The Balaban J connectivity index is 0.00000484. The number of anilines is 1. The normalized spacial score (nSPS) is 22.6. The lowest BCUT2D eigenvalue weighted by atomic mass is 9.82. The van der Waals surface area contributed by atoms with E-state index in [-0.39, 0.29) is 42.6 Å². The molecule has 7 nitrogen and oxygen atoms in total. The van der Waals surface area contributed by atoms with Crippen LogP contribution in [0.3, 0.4) is 0 Å². The van der Waals surface area contributed by atoms with Gasteiger partial charge in [-0.05, 0) is 49.1 Å². The highest BCUT2D eigenvalue weighted by molar-refractivity contribution is 7.18. The van der Waals surface area contributed by atoms with Crippen LogP contribution in [0.25, 0.3) is 10.4 Å². The number of benzene rings is 1. The third-order valence-corrected chi connectivity index (χ3v) is 9.42. The van der Waals surface area contributed by atoms with Gasteiger partial charge >= 0.3 is 11.9 Å². The maximum atomic E-state index is 14.3. The van der Waals surface area contributed by atoms with E-state index in [2.05, 4.69) is 14.0 Å². The molecule has 0 atom stereocenters. The summed E-state index contributed by atoms with van der Waals surface area (Å²) in [5.74, 6) is -1.59. The molecule has 1 aromatic carbocycles. The molecule has 0 spiro atoms. The van der Waals surface area contributed by atoms with Gasteiger partial charge in [0.25, 0.3) is 5.79 Å². The van der Waals surface area contributed by atoms with Crippen LogP contribution in [0.2, 0.25) is 0 Å². The van der Waals surface area contributed by atoms with Crippen molar-refractivity contribution in [3.05, 3.63) is 41.3 Å². The molecule has 1 amide bonds. The zero-order valence-electron chi connectivity index (χ0n) is 25.9. The number of rotatable bonds is 9. The Labute approximate surface area is 261 Å². The SMILES string of the molecule is CC(C)CC(=O)OC(C)(C)OC(=O)c1sc(-c2ccccc2)cc1N(C(=O)C1CCC(C)CC1)C1CC[NH+](C)CC1.[Cl-]. The highest BCUT2D eigenvalue weighted by Gasteiger charge is 2.39. The molecular weight excluding hydrogens is 572 g/mol. The number of nitrogens with zero attached hydrogens (tertiary/aromatic N) is 1. The average molecular weight is 619 g/mol. The predicted molar refractivity (Wildman–Crippen MR) is 163 cm³/mol. The van der Waals surface area contributed by atoms with Crippen molar-refractivity contribution in [3.63, 3.8) is 0 Å². The molecule has 1 aromatic heterocycles. The third-order valence-electron chi connectivity index (χ3n) is 8.27. The summed E-state index contributed by atoms with van der Waals surface area (Å²) in [4.78, 5) is 45.3. The Hall–Kier alpha value is -2.42. The molecule has 2 aromatic rings. The number of esters is 2. The van der Waals surface area contributed by atoms with Crippen LogP contribution < -0.4 is 22.2 Å². The Kier molecular flexibility index (Phi) is 12.0. The van der Waals surface area contributed by atoms with Crippen molar-refractivity contribution in [2.45, 2.75) is 91.4 Å². The van der Waals surface area contributed by atoms with E-state index < -0.39 is 17.7 Å². The smallest absolute Gasteiger partial charge is 0.353 e. The van der Waals surface area contributed by atoms with Crippen LogP contribution in [0.1, 0.15) is 89.2 Å². The second-order valence-electron chi connectivity index (χ2n) is 12.9. The molecule has 9 heteroatoms. The summed E-state index contributed by atoms with van der Waals surface area (Å²) >= 11 is 1.33. The van der Waals surface area contributed by atoms with E-state index >= 15 is 0 Å². The molecule has 4 rings (SSSR count). The van der Waals surface area contributed by atoms with E-state index in [1.54, 1.807) is 13.8 Å². The first-order valence-corrected chi connectivity index (χ1v) is 16.0. The van der Waals surface area contributed by atoms with Crippen molar-refractivity contribution in [3.8, 4) is 10.4 Å². The van der Waals surface area contributed by atoms with E-state index in [1.165, 1.54) is 16.2 Å².